The molecule has 3 aliphatic carbocycles. The number of piperidine rings is 1. The van der Waals surface area contributed by atoms with Gasteiger partial charge in [0, 0.05) is 43.2 Å². The SMILES string of the molecule is CC(=O)O[C@@]12COC1C[C@H](O)[C@@]1(C)[C@@H]3OC(CN4CCC(N5CCCC5)CC4)O[C@@H]3C3=C(C)[C@@H](OC(=O)[C@H](O)[C@@H](NC(=O)OC(C)(C)C)c4ccccc4)C[C@@](O)([C@@H](OC(=O)c4ccccc4)[C@@H]12)C3(C)C. The number of carbonyl (C=O) groups is 4. The number of aliphatic hydroxyl groups excluding tert-OH is 2. The maximum Gasteiger partial charge on any atom is 0.408 e. The van der Waals surface area contributed by atoms with Crippen LogP contribution in [-0.2, 0) is 42.7 Å². The van der Waals surface area contributed by atoms with E-state index in [1.807, 2.05) is 20.8 Å². The Labute approximate surface area is 416 Å². The third kappa shape index (κ3) is 9.32. The van der Waals surface area contributed by atoms with Crippen LogP contribution in [0.2, 0.25) is 0 Å². The highest BCUT2D eigenvalue weighted by atomic mass is 16.7. The number of fused-ring (bicyclic) bond motifs is 8. The Bertz CT molecular complexity index is 2330. The van der Waals surface area contributed by atoms with Gasteiger partial charge in [-0.15, -0.1) is 0 Å². The summed E-state index contributed by atoms with van der Waals surface area (Å²) in [7, 11) is 0. The molecule has 2 aromatic carbocycles. The molecule has 2 unspecified atom stereocenters. The Morgan fingerprint density at radius 2 is 1.56 bits per heavy atom. The molecule has 0 spiro atoms. The number of alkyl carbamates (subject to hydrolysis) is 1. The van der Waals surface area contributed by atoms with Crippen LogP contribution in [-0.4, -0.2) is 160 Å². The Balaban J connectivity index is 1.15. The van der Waals surface area contributed by atoms with Crippen molar-refractivity contribution in [1.82, 2.24) is 15.1 Å². The first kappa shape index (κ1) is 51.4. The number of aliphatic hydroxyl groups is 3. The number of nitrogens with zero attached hydrogens (tertiary/aromatic N) is 2. The Kier molecular flexibility index (Phi) is 14.1. The van der Waals surface area contributed by atoms with Gasteiger partial charge in [-0.25, -0.2) is 14.4 Å². The minimum Gasteiger partial charge on any atom is -0.456 e. The van der Waals surface area contributed by atoms with Crippen molar-refractivity contribution < 1.29 is 67.7 Å². The number of hydrogen-bond acceptors (Lipinski definition) is 16. The number of benzene rings is 2. The first-order chi connectivity index (χ1) is 33.6. The molecular formula is C54H73N3O14. The summed E-state index contributed by atoms with van der Waals surface area (Å²) in [4.78, 5) is 60.8. The topological polar surface area (TPSA) is 212 Å². The van der Waals surface area contributed by atoms with Gasteiger partial charge >= 0.3 is 24.0 Å². The van der Waals surface area contributed by atoms with E-state index in [2.05, 4.69) is 15.1 Å². The molecule has 4 heterocycles. The van der Waals surface area contributed by atoms with E-state index in [9.17, 15) is 34.5 Å². The molecule has 1 amide bonds. The molecule has 388 valence electrons. The summed E-state index contributed by atoms with van der Waals surface area (Å²) >= 11 is 0. The first-order valence-corrected chi connectivity index (χ1v) is 25.5. The monoisotopic (exact) mass is 988 g/mol. The number of amides is 1. The zero-order chi connectivity index (χ0) is 50.8. The normalized spacial score (nSPS) is 35.8. The summed E-state index contributed by atoms with van der Waals surface area (Å²) in [5.74, 6) is -3.74. The van der Waals surface area contributed by atoms with Crippen LogP contribution in [0, 0.1) is 16.7 Å². The number of likely N-dealkylation sites (tertiary alicyclic amines) is 2. The van der Waals surface area contributed by atoms with Gasteiger partial charge in [0.15, 0.2) is 18.0 Å². The van der Waals surface area contributed by atoms with Crippen LogP contribution < -0.4 is 5.32 Å². The van der Waals surface area contributed by atoms with Gasteiger partial charge in [0.05, 0.1) is 36.3 Å². The molecule has 9 rings (SSSR count). The van der Waals surface area contributed by atoms with Gasteiger partial charge < -0.3 is 58.7 Å². The highest BCUT2D eigenvalue weighted by Gasteiger charge is 2.79. The fraction of sp³-hybridized carbons (Fsp3) is 0.667. The summed E-state index contributed by atoms with van der Waals surface area (Å²) in [6, 6.07) is 16.0. The van der Waals surface area contributed by atoms with Crippen molar-refractivity contribution in [2.45, 2.75) is 172 Å². The van der Waals surface area contributed by atoms with Gasteiger partial charge in [0.1, 0.15) is 35.6 Å². The number of carbonyl (C=O) groups excluding carboxylic acids is 4. The molecule has 17 nitrogen and oxygen atoms in total. The molecule has 17 heteroatoms. The Hall–Kier alpha value is -4.46. The molecule has 7 aliphatic rings. The standard InChI is InChI=1S/C54H73N3O14/c1-31-36(66-48(62)42(60)41(33-17-11-9-12-18-33)55-49(63)71-50(3,4)5)28-54(64)46(69-47(61)34-19-13-10-14-20-34)44-52(8,37(59)27-38-53(44,30-65-38)70-32(2)58)45-43(40(31)51(54,6)7)67-39(68-45)29-56-25-21-35(22-26-56)57-23-15-16-24-57/h9-14,17-20,35-39,41-46,59-60,64H,15-16,21-30H2,1-8H3,(H,55,63)/t36-,37-,38?,39?,41-,42+,43+,44-,45+,46-,52+,53-,54+/m0/s1. The summed E-state index contributed by atoms with van der Waals surface area (Å²) < 4.78 is 45.4. The van der Waals surface area contributed by atoms with E-state index in [0.717, 1.165) is 39.0 Å². The molecule has 4 N–H and O–H groups in total. The van der Waals surface area contributed by atoms with Crippen LogP contribution >= 0.6 is 0 Å². The summed E-state index contributed by atoms with van der Waals surface area (Å²) in [6.45, 7) is 17.8. The molecule has 4 saturated heterocycles. The minimum atomic E-state index is -2.18. The van der Waals surface area contributed by atoms with Crippen LogP contribution in [0.15, 0.2) is 71.8 Å². The van der Waals surface area contributed by atoms with Gasteiger partial charge in [-0.1, -0.05) is 69.3 Å². The van der Waals surface area contributed by atoms with E-state index in [4.69, 9.17) is 33.2 Å². The van der Waals surface area contributed by atoms with Crippen molar-refractivity contribution in [3.8, 4) is 0 Å². The van der Waals surface area contributed by atoms with Gasteiger partial charge in [0.2, 0.25) is 0 Å². The largest absolute Gasteiger partial charge is 0.456 e. The van der Waals surface area contributed by atoms with Gasteiger partial charge in [-0.2, -0.15) is 0 Å². The van der Waals surface area contributed by atoms with Gasteiger partial charge in [-0.05, 0) is 108 Å². The average molecular weight is 988 g/mol. The smallest absolute Gasteiger partial charge is 0.408 e. The lowest BCUT2D eigenvalue weighted by atomic mass is 9.44. The highest BCUT2D eigenvalue weighted by molar-refractivity contribution is 5.89. The van der Waals surface area contributed by atoms with E-state index >= 15 is 0 Å². The predicted octanol–water partition coefficient (Wildman–Crippen LogP) is 5.00. The van der Waals surface area contributed by atoms with Crippen molar-refractivity contribution in [1.29, 1.82) is 0 Å². The van der Waals surface area contributed by atoms with Gasteiger partial charge in [-0.3, -0.25) is 9.69 Å². The second kappa shape index (κ2) is 19.4. The van der Waals surface area contributed by atoms with Crippen molar-refractivity contribution in [3.05, 3.63) is 82.9 Å². The number of nitrogens with one attached hydrogen (secondary N) is 1. The Morgan fingerprint density at radius 1 is 0.915 bits per heavy atom. The lowest BCUT2D eigenvalue weighted by Crippen LogP contribution is -2.82. The van der Waals surface area contributed by atoms with E-state index in [-0.39, 0.29) is 25.0 Å². The van der Waals surface area contributed by atoms with Crippen molar-refractivity contribution in [2.24, 2.45) is 16.7 Å². The van der Waals surface area contributed by atoms with Crippen LogP contribution in [0.3, 0.4) is 0 Å². The number of hydrogen-bond donors (Lipinski definition) is 4. The molecule has 2 aromatic rings. The minimum absolute atomic E-state index is 0.0405. The number of ether oxygens (including phenoxy) is 7. The van der Waals surface area contributed by atoms with Gasteiger partial charge in [0.25, 0.3) is 0 Å². The fourth-order valence-corrected chi connectivity index (χ4v) is 13.3. The van der Waals surface area contributed by atoms with Crippen molar-refractivity contribution in [2.75, 3.05) is 39.3 Å². The molecular weight excluding hydrogens is 915 g/mol. The van der Waals surface area contributed by atoms with Crippen LogP contribution in [0.1, 0.15) is 116 Å². The quantitative estimate of drug-likeness (QED) is 0.133. The fourth-order valence-electron chi connectivity index (χ4n) is 13.3. The number of esters is 3. The molecule has 0 aromatic heterocycles. The zero-order valence-corrected chi connectivity index (χ0v) is 42.3. The zero-order valence-electron chi connectivity index (χ0n) is 42.3. The molecule has 2 bridgehead atoms. The summed E-state index contributed by atoms with van der Waals surface area (Å²) in [5.41, 5.74) is -5.85. The molecule has 4 aliphatic heterocycles. The second-order valence-electron chi connectivity index (χ2n) is 22.7. The van der Waals surface area contributed by atoms with E-state index in [1.54, 1.807) is 88.4 Å². The molecule has 71 heavy (non-hydrogen) atoms. The maximum atomic E-state index is 14.6. The third-order valence-electron chi connectivity index (χ3n) is 17.0. The van der Waals surface area contributed by atoms with E-state index in [0.29, 0.717) is 29.3 Å². The second-order valence-corrected chi connectivity index (χ2v) is 22.7. The van der Waals surface area contributed by atoms with E-state index in [1.165, 1.54) is 19.8 Å². The van der Waals surface area contributed by atoms with Crippen LogP contribution in [0.5, 0.6) is 0 Å². The molecule has 13 atom stereocenters. The summed E-state index contributed by atoms with van der Waals surface area (Å²) in [5, 5.41) is 41.4. The van der Waals surface area contributed by atoms with Crippen molar-refractivity contribution in [3.63, 3.8) is 0 Å². The lowest BCUT2D eigenvalue weighted by molar-refractivity contribution is -0.362. The highest BCUT2D eigenvalue weighted by Crippen LogP contribution is 2.67. The number of rotatable bonds is 11. The third-order valence-corrected chi connectivity index (χ3v) is 17.0. The Morgan fingerprint density at radius 3 is 2.17 bits per heavy atom. The molecule has 0 radical (unpaired) electrons. The first-order valence-electron chi connectivity index (χ1n) is 25.5. The van der Waals surface area contributed by atoms with Crippen LogP contribution in [0.25, 0.3) is 0 Å². The summed E-state index contributed by atoms with van der Waals surface area (Å²) in [6.07, 6.45) is -6.52. The molecule has 2 saturated carbocycles. The molecule has 6 fully saturated rings. The van der Waals surface area contributed by atoms with Crippen molar-refractivity contribution >= 4 is 24.0 Å². The average Bonchev–Trinajstić information content (AvgIpc) is 4.01. The lowest BCUT2D eigenvalue weighted by Gasteiger charge is -2.68. The van der Waals surface area contributed by atoms with Crippen LogP contribution in [0.4, 0.5) is 4.79 Å². The predicted molar refractivity (Wildman–Crippen MR) is 256 cm³/mol. The maximum absolute atomic E-state index is 14.6. The van der Waals surface area contributed by atoms with E-state index < -0.39 is 113 Å².